The van der Waals surface area contributed by atoms with Gasteiger partial charge in [-0.2, -0.15) is 4.37 Å². The van der Waals surface area contributed by atoms with Crippen molar-refractivity contribution >= 4 is 51.9 Å². The molecule has 0 saturated heterocycles. The van der Waals surface area contributed by atoms with Crippen molar-refractivity contribution in [3.05, 3.63) is 5.56 Å². The topological polar surface area (TPSA) is 30.0 Å². The molecule has 0 aliphatic carbocycles. The lowest BCUT2D eigenvalue weighted by Crippen LogP contribution is -1.89. The molecule has 1 aromatic heterocycles. The molecule has 0 aromatic carbocycles. The molecule has 6 heteroatoms. The van der Waals surface area contributed by atoms with Crippen molar-refractivity contribution in [3.8, 4) is 0 Å². The Morgan fingerprint density at radius 3 is 2.58 bits per heavy atom. The van der Waals surface area contributed by atoms with Crippen molar-refractivity contribution in [1.82, 2.24) is 4.37 Å². The van der Waals surface area contributed by atoms with Crippen LogP contribution in [-0.2, 0) is 0 Å². The summed E-state index contributed by atoms with van der Waals surface area (Å²) in [4.78, 5) is 11.0. The van der Waals surface area contributed by atoms with E-state index in [-0.39, 0.29) is 0 Å². The van der Waals surface area contributed by atoms with Crippen molar-refractivity contribution in [2.24, 2.45) is 0 Å². The predicted molar refractivity (Wildman–Crippen MR) is 55.9 cm³/mol. The van der Waals surface area contributed by atoms with Gasteiger partial charge in [0.2, 0.25) is 0 Å². The fourth-order valence-electron chi connectivity index (χ4n) is 0.704. The molecule has 1 rings (SSSR count). The number of aromatic nitrogens is 1. The number of nitrogens with zero attached hydrogens (tertiary/aromatic N) is 1. The third kappa shape index (κ3) is 1.96. The summed E-state index contributed by atoms with van der Waals surface area (Å²) >= 11 is 9.67. The summed E-state index contributed by atoms with van der Waals surface area (Å²) in [7, 11) is 0. The van der Waals surface area contributed by atoms with E-state index >= 15 is 0 Å². The highest BCUT2D eigenvalue weighted by atomic mass is 35.5. The minimum Gasteiger partial charge on any atom is -0.275 e. The summed E-state index contributed by atoms with van der Waals surface area (Å²) in [6, 6.07) is 0. The quantitative estimate of drug-likeness (QED) is 0.599. The van der Waals surface area contributed by atoms with Crippen LogP contribution in [0.5, 0.6) is 0 Å². The highest BCUT2D eigenvalue weighted by Crippen LogP contribution is 2.33. The van der Waals surface area contributed by atoms with Crippen LogP contribution in [0.25, 0.3) is 0 Å². The second-order valence-corrected chi connectivity index (χ2v) is 4.82. The Hall–Kier alpha value is 0.290. The molecule has 1 aromatic rings. The van der Waals surface area contributed by atoms with E-state index in [0.717, 1.165) is 9.24 Å². The summed E-state index contributed by atoms with van der Waals surface area (Å²) in [5, 5.41) is 0.307. The lowest BCUT2D eigenvalue weighted by atomic mass is 10.4. The van der Waals surface area contributed by atoms with E-state index in [1.807, 2.05) is 12.5 Å². The van der Waals surface area contributed by atoms with E-state index in [4.69, 9.17) is 11.6 Å². The second kappa shape index (κ2) is 4.50. The molecular weight excluding hydrogens is 234 g/mol. The molecule has 0 amide bonds. The van der Waals surface area contributed by atoms with Gasteiger partial charge < -0.3 is 0 Å². The molecule has 0 N–H and O–H groups in total. The average Bonchev–Trinajstić information content (AvgIpc) is 2.46. The number of rotatable bonds is 3. The summed E-state index contributed by atoms with van der Waals surface area (Å²) in [6.45, 7) is 0. The molecule has 66 valence electrons. The van der Waals surface area contributed by atoms with E-state index in [1.165, 1.54) is 35.1 Å². The van der Waals surface area contributed by atoms with E-state index < -0.39 is 5.24 Å². The van der Waals surface area contributed by atoms with E-state index in [0.29, 0.717) is 5.56 Å². The van der Waals surface area contributed by atoms with Crippen LogP contribution < -0.4 is 0 Å². The number of hydrogen-bond donors (Lipinski definition) is 0. The molecule has 0 atom stereocenters. The highest BCUT2D eigenvalue weighted by molar-refractivity contribution is 8.01. The smallest absolute Gasteiger partial charge is 0.257 e. The normalized spacial score (nSPS) is 10.2. The van der Waals surface area contributed by atoms with Crippen LogP contribution in [0.3, 0.4) is 0 Å². The molecule has 0 saturated carbocycles. The van der Waals surface area contributed by atoms with Crippen molar-refractivity contribution in [2.75, 3.05) is 12.5 Å². The summed E-state index contributed by atoms with van der Waals surface area (Å²) in [5.41, 5.74) is 0.557. The molecule has 0 spiro atoms. The zero-order chi connectivity index (χ0) is 9.14. The summed E-state index contributed by atoms with van der Waals surface area (Å²) in [6.07, 6.45) is 3.78. The maximum atomic E-state index is 11.0. The Balaban J connectivity index is 3.16. The zero-order valence-corrected chi connectivity index (χ0v) is 9.66. The summed E-state index contributed by atoms with van der Waals surface area (Å²) in [5.74, 6) is 0. The SMILES string of the molecule is CSc1nsc(SC)c1C(=O)Cl. The Kier molecular flexibility index (Phi) is 3.89. The number of hydrogen-bond acceptors (Lipinski definition) is 5. The highest BCUT2D eigenvalue weighted by Gasteiger charge is 2.17. The standard InChI is InChI=1S/C6H6ClNOS3/c1-10-5-3(4(7)9)6(11-2)12-8-5/h1-2H3. The monoisotopic (exact) mass is 239 g/mol. The molecule has 0 fully saturated rings. The van der Waals surface area contributed by atoms with Crippen LogP contribution >= 0.6 is 46.7 Å². The third-order valence-electron chi connectivity index (χ3n) is 1.20. The van der Waals surface area contributed by atoms with Crippen LogP contribution in [0.4, 0.5) is 0 Å². The van der Waals surface area contributed by atoms with Gasteiger partial charge in [-0.15, -0.1) is 23.5 Å². The van der Waals surface area contributed by atoms with Crippen molar-refractivity contribution in [2.45, 2.75) is 9.24 Å². The van der Waals surface area contributed by atoms with Gasteiger partial charge in [0.1, 0.15) is 5.03 Å². The van der Waals surface area contributed by atoms with Gasteiger partial charge in [0.15, 0.2) is 0 Å². The van der Waals surface area contributed by atoms with Gasteiger partial charge in [0.05, 0.1) is 9.77 Å². The largest absolute Gasteiger partial charge is 0.275 e. The fraction of sp³-hybridized carbons (Fsp3) is 0.333. The molecule has 1 heterocycles. The van der Waals surface area contributed by atoms with Gasteiger partial charge in [-0.1, -0.05) is 0 Å². The maximum absolute atomic E-state index is 11.0. The van der Waals surface area contributed by atoms with E-state index in [2.05, 4.69) is 4.37 Å². The first-order valence-electron chi connectivity index (χ1n) is 2.98. The number of halogens is 1. The second-order valence-electron chi connectivity index (χ2n) is 1.83. The molecule has 0 unspecified atom stereocenters. The van der Waals surface area contributed by atoms with Gasteiger partial charge in [-0.3, -0.25) is 4.79 Å². The molecule has 12 heavy (non-hydrogen) atoms. The minimum atomic E-state index is -0.419. The maximum Gasteiger partial charge on any atom is 0.257 e. The lowest BCUT2D eigenvalue weighted by molar-refractivity contribution is 0.107. The fourth-order valence-corrected chi connectivity index (χ4v) is 3.34. The van der Waals surface area contributed by atoms with Crippen LogP contribution in [0, 0.1) is 0 Å². The zero-order valence-electron chi connectivity index (χ0n) is 6.46. The van der Waals surface area contributed by atoms with Gasteiger partial charge >= 0.3 is 0 Å². The summed E-state index contributed by atoms with van der Waals surface area (Å²) < 4.78 is 4.99. The van der Waals surface area contributed by atoms with Gasteiger partial charge in [0, 0.05) is 0 Å². The third-order valence-corrected chi connectivity index (χ3v) is 4.13. The average molecular weight is 240 g/mol. The number of thioether (sulfide) groups is 2. The van der Waals surface area contributed by atoms with Crippen LogP contribution in [-0.4, -0.2) is 22.1 Å². The van der Waals surface area contributed by atoms with Crippen LogP contribution in [0.15, 0.2) is 9.24 Å². The predicted octanol–water partition coefficient (Wildman–Crippen LogP) is 2.97. The Morgan fingerprint density at radius 2 is 2.17 bits per heavy atom. The van der Waals surface area contributed by atoms with Gasteiger partial charge in [0.25, 0.3) is 5.24 Å². The molecule has 0 radical (unpaired) electrons. The van der Waals surface area contributed by atoms with Crippen molar-refractivity contribution < 1.29 is 4.79 Å². The Labute approximate surface area is 88.2 Å². The molecule has 0 aliphatic heterocycles. The van der Waals surface area contributed by atoms with Crippen molar-refractivity contribution in [3.63, 3.8) is 0 Å². The molecule has 2 nitrogen and oxygen atoms in total. The Morgan fingerprint density at radius 1 is 1.50 bits per heavy atom. The molecular formula is C6H6ClNOS3. The Bertz CT molecular complexity index is 277. The van der Waals surface area contributed by atoms with E-state index in [1.54, 1.807) is 0 Å². The first kappa shape index (κ1) is 10.4. The van der Waals surface area contributed by atoms with Gasteiger partial charge in [-0.25, -0.2) is 0 Å². The number of carbonyl (C=O) groups excluding carboxylic acids is 1. The van der Waals surface area contributed by atoms with Gasteiger partial charge in [-0.05, 0) is 35.6 Å². The molecule has 0 aliphatic rings. The first-order chi connectivity index (χ1) is 5.70. The van der Waals surface area contributed by atoms with Crippen molar-refractivity contribution in [1.29, 1.82) is 0 Å². The van der Waals surface area contributed by atoms with Crippen LogP contribution in [0.2, 0.25) is 0 Å². The number of carbonyl (C=O) groups is 1. The molecule has 0 bridgehead atoms. The lowest BCUT2D eigenvalue weighted by Gasteiger charge is -1.94. The first-order valence-corrected chi connectivity index (χ1v) is 6.58. The minimum absolute atomic E-state index is 0.419. The van der Waals surface area contributed by atoms with Crippen LogP contribution in [0.1, 0.15) is 10.4 Å². The van der Waals surface area contributed by atoms with E-state index in [9.17, 15) is 4.79 Å².